The molecule has 1 aliphatic rings. The van der Waals surface area contributed by atoms with E-state index in [9.17, 15) is 18.5 Å². The van der Waals surface area contributed by atoms with E-state index in [-0.39, 0.29) is 28.8 Å². The highest BCUT2D eigenvalue weighted by Crippen LogP contribution is 2.35. The summed E-state index contributed by atoms with van der Waals surface area (Å²) in [5.41, 5.74) is 4.92. The number of methoxy groups -OCH3 is 1. The molecule has 0 aliphatic heterocycles. The van der Waals surface area contributed by atoms with Gasteiger partial charge in [0.1, 0.15) is 0 Å². The van der Waals surface area contributed by atoms with Crippen LogP contribution in [0.15, 0.2) is 23.1 Å². The Hall–Kier alpha value is -1.71. The zero-order chi connectivity index (χ0) is 18.0. The number of nitrogens with zero attached hydrogens (tertiary/aromatic N) is 1. The molecule has 3 N–H and O–H groups in total. The number of hydrogen-bond donors (Lipinski definition) is 2. The van der Waals surface area contributed by atoms with Gasteiger partial charge >= 0.3 is 5.69 Å². The second kappa shape index (κ2) is 7.04. The van der Waals surface area contributed by atoms with Crippen molar-refractivity contribution in [2.24, 2.45) is 11.7 Å². The van der Waals surface area contributed by atoms with Crippen molar-refractivity contribution < 1.29 is 18.1 Å². The fourth-order valence-electron chi connectivity index (χ4n) is 3.21. The molecule has 0 bridgehead atoms. The first-order valence-electron chi connectivity index (χ1n) is 7.82. The normalized spacial score (nSPS) is 24.5. The largest absolute Gasteiger partial charge is 0.490 e. The van der Waals surface area contributed by atoms with Gasteiger partial charge in [0.05, 0.1) is 16.9 Å². The first kappa shape index (κ1) is 18.6. The molecule has 1 saturated carbocycles. The van der Waals surface area contributed by atoms with Crippen molar-refractivity contribution in [1.82, 2.24) is 4.72 Å². The molecule has 1 aliphatic carbocycles. The molecule has 1 aromatic rings. The Bertz CT molecular complexity index is 722. The predicted molar refractivity (Wildman–Crippen MR) is 89.4 cm³/mol. The third-order valence-corrected chi connectivity index (χ3v) is 6.36. The third-order valence-electron chi connectivity index (χ3n) is 4.81. The second-order valence-corrected chi connectivity index (χ2v) is 7.89. The smallest absolute Gasteiger partial charge is 0.310 e. The molecule has 0 radical (unpaired) electrons. The number of benzene rings is 1. The van der Waals surface area contributed by atoms with E-state index in [4.69, 9.17) is 10.5 Å². The summed E-state index contributed by atoms with van der Waals surface area (Å²) in [6.45, 7) is 2.20. The summed E-state index contributed by atoms with van der Waals surface area (Å²) < 4.78 is 33.2. The summed E-state index contributed by atoms with van der Waals surface area (Å²) in [5.74, 6) is 0.0207. The molecule has 1 aromatic carbocycles. The second-order valence-electron chi connectivity index (χ2n) is 6.20. The van der Waals surface area contributed by atoms with E-state index in [1.54, 1.807) is 0 Å². The summed E-state index contributed by atoms with van der Waals surface area (Å²) in [7, 11) is -2.61. The van der Waals surface area contributed by atoms with Gasteiger partial charge in [0.2, 0.25) is 10.0 Å². The molecule has 0 heterocycles. The number of nitrogens with two attached hydrogens (primary N) is 1. The maximum atomic E-state index is 12.8. The van der Waals surface area contributed by atoms with Crippen LogP contribution in [0, 0.1) is 16.0 Å². The van der Waals surface area contributed by atoms with E-state index >= 15 is 0 Å². The van der Waals surface area contributed by atoms with Crippen LogP contribution < -0.4 is 15.2 Å². The van der Waals surface area contributed by atoms with E-state index < -0.39 is 20.5 Å². The Morgan fingerprint density at radius 1 is 1.46 bits per heavy atom. The van der Waals surface area contributed by atoms with Crippen LogP contribution >= 0.6 is 0 Å². The minimum Gasteiger partial charge on any atom is -0.490 e. The van der Waals surface area contributed by atoms with Crippen LogP contribution in [-0.2, 0) is 10.0 Å². The van der Waals surface area contributed by atoms with Crippen molar-refractivity contribution >= 4 is 15.7 Å². The molecule has 1 fully saturated rings. The van der Waals surface area contributed by atoms with Crippen molar-refractivity contribution in [2.75, 3.05) is 13.7 Å². The van der Waals surface area contributed by atoms with Crippen LogP contribution in [0.4, 0.5) is 5.69 Å². The molecule has 0 aromatic heterocycles. The SMILES string of the molecule is COc1cc(S(=O)(=O)NC2(CN)CCCCC2C)ccc1[N+](=O)[O-]. The van der Waals surface area contributed by atoms with Gasteiger partial charge in [-0.05, 0) is 24.8 Å². The summed E-state index contributed by atoms with van der Waals surface area (Å²) in [6.07, 6.45) is 3.54. The molecule has 0 amide bonds. The molecule has 2 atom stereocenters. The highest BCUT2D eigenvalue weighted by atomic mass is 32.2. The van der Waals surface area contributed by atoms with Gasteiger partial charge in [0, 0.05) is 24.2 Å². The van der Waals surface area contributed by atoms with Gasteiger partial charge in [-0.1, -0.05) is 19.8 Å². The molecular formula is C15H23N3O5S. The Labute approximate surface area is 141 Å². The van der Waals surface area contributed by atoms with Crippen LogP contribution in [0.1, 0.15) is 32.6 Å². The molecule has 2 rings (SSSR count). The van der Waals surface area contributed by atoms with E-state index in [0.29, 0.717) is 6.42 Å². The van der Waals surface area contributed by atoms with E-state index in [2.05, 4.69) is 4.72 Å². The van der Waals surface area contributed by atoms with Gasteiger partial charge < -0.3 is 10.5 Å². The summed E-state index contributed by atoms with van der Waals surface area (Å²) in [6, 6.07) is 3.51. The van der Waals surface area contributed by atoms with Crippen molar-refractivity contribution in [3.63, 3.8) is 0 Å². The number of hydrogen-bond acceptors (Lipinski definition) is 6. The lowest BCUT2D eigenvalue weighted by atomic mass is 9.74. The predicted octanol–water partition coefficient (Wildman–Crippen LogP) is 1.79. The van der Waals surface area contributed by atoms with E-state index in [0.717, 1.165) is 31.4 Å². The Morgan fingerprint density at radius 3 is 2.71 bits per heavy atom. The van der Waals surface area contributed by atoms with Crippen molar-refractivity contribution in [1.29, 1.82) is 0 Å². The fraction of sp³-hybridized carbons (Fsp3) is 0.600. The highest BCUT2D eigenvalue weighted by molar-refractivity contribution is 7.89. The molecule has 0 spiro atoms. The van der Waals surface area contributed by atoms with Crippen molar-refractivity contribution in [3.05, 3.63) is 28.3 Å². The molecular weight excluding hydrogens is 334 g/mol. The number of nitro groups is 1. The Kier molecular flexibility index (Phi) is 5.46. The standard InChI is InChI=1S/C15H23N3O5S/c1-11-5-3-4-8-15(11,10-16)17-24(21,22)12-6-7-13(18(19)20)14(9-12)23-2/h6-7,9,11,17H,3-5,8,10,16H2,1-2H3. The maximum Gasteiger partial charge on any atom is 0.310 e. The number of rotatable bonds is 6. The van der Waals surface area contributed by atoms with Crippen molar-refractivity contribution in [3.8, 4) is 5.75 Å². The zero-order valence-electron chi connectivity index (χ0n) is 13.8. The minimum absolute atomic E-state index is 0.0736. The minimum atomic E-state index is -3.87. The molecule has 134 valence electrons. The molecule has 8 nitrogen and oxygen atoms in total. The Morgan fingerprint density at radius 2 is 2.17 bits per heavy atom. The van der Waals surface area contributed by atoms with Crippen LogP contribution in [0.2, 0.25) is 0 Å². The summed E-state index contributed by atoms with van der Waals surface area (Å²) in [4.78, 5) is 10.3. The molecule has 2 unspecified atom stereocenters. The van der Waals surface area contributed by atoms with E-state index in [1.165, 1.54) is 13.2 Å². The van der Waals surface area contributed by atoms with Gasteiger partial charge in [-0.3, -0.25) is 10.1 Å². The monoisotopic (exact) mass is 357 g/mol. The van der Waals surface area contributed by atoms with Gasteiger partial charge in [0.15, 0.2) is 5.75 Å². The summed E-state index contributed by atoms with van der Waals surface area (Å²) in [5, 5.41) is 10.9. The number of nitrogens with one attached hydrogen (secondary N) is 1. The third kappa shape index (κ3) is 3.52. The van der Waals surface area contributed by atoms with Gasteiger partial charge in [-0.2, -0.15) is 0 Å². The number of sulfonamides is 1. The Balaban J connectivity index is 2.38. The van der Waals surface area contributed by atoms with Crippen LogP contribution in [0.5, 0.6) is 5.75 Å². The highest BCUT2D eigenvalue weighted by Gasteiger charge is 2.40. The topological polar surface area (TPSA) is 125 Å². The number of ether oxygens (including phenoxy) is 1. The van der Waals surface area contributed by atoms with Crippen LogP contribution in [-0.4, -0.2) is 32.5 Å². The van der Waals surface area contributed by atoms with Crippen LogP contribution in [0.3, 0.4) is 0 Å². The van der Waals surface area contributed by atoms with Crippen molar-refractivity contribution in [2.45, 2.75) is 43.0 Å². The summed E-state index contributed by atoms with van der Waals surface area (Å²) >= 11 is 0. The average molecular weight is 357 g/mol. The molecule has 24 heavy (non-hydrogen) atoms. The van der Waals surface area contributed by atoms with Gasteiger partial charge in [-0.15, -0.1) is 0 Å². The first-order chi connectivity index (χ1) is 11.3. The van der Waals surface area contributed by atoms with Gasteiger partial charge in [-0.25, -0.2) is 13.1 Å². The lowest BCUT2D eigenvalue weighted by Gasteiger charge is -2.42. The zero-order valence-corrected chi connectivity index (χ0v) is 14.6. The quantitative estimate of drug-likeness (QED) is 0.591. The number of nitro benzene ring substituents is 1. The van der Waals surface area contributed by atoms with Crippen LogP contribution in [0.25, 0.3) is 0 Å². The fourth-order valence-corrected chi connectivity index (χ4v) is 4.76. The van der Waals surface area contributed by atoms with Gasteiger partial charge in [0.25, 0.3) is 0 Å². The molecule has 9 heteroatoms. The van der Waals surface area contributed by atoms with E-state index in [1.807, 2.05) is 6.92 Å². The first-order valence-corrected chi connectivity index (χ1v) is 9.30. The average Bonchev–Trinajstić information content (AvgIpc) is 2.56. The lowest BCUT2D eigenvalue weighted by molar-refractivity contribution is -0.385. The molecule has 0 saturated heterocycles. The lowest BCUT2D eigenvalue weighted by Crippen LogP contribution is -2.58. The maximum absolute atomic E-state index is 12.8.